The summed E-state index contributed by atoms with van der Waals surface area (Å²) < 4.78 is 5.87. The summed E-state index contributed by atoms with van der Waals surface area (Å²) in [5.74, 6) is 1.34. The minimum absolute atomic E-state index is 0.185. The zero-order valence-corrected chi connectivity index (χ0v) is 19.2. The summed E-state index contributed by atoms with van der Waals surface area (Å²) in [4.78, 5) is 31.9. The van der Waals surface area contributed by atoms with Crippen molar-refractivity contribution in [3.05, 3.63) is 42.6 Å². The summed E-state index contributed by atoms with van der Waals surface area (Å²) in [6.45, 7) is 3.36. The van der Waals surface area contributed by atoms with Crippen molar-refractivity contribution in [2.24, 2.45) is 0 Å². The molecule has 0 radical (unpaired) electrons. The Balaban J connectivity index is 1.56. The predicted molar refractivity (Wildman–Crippen MR) is 128 cm³/mol. The van der Waals surface area contributed by atoms with E-state index < -0.39 is 0 Å². The van der Waals surface area contributed by atoms with Crippen molar-refractivity contribution in [3.8, 4) is 11.5 Å². The smallest absolute Gasteiger partial charge is 0.323 e. The van der Waals surface area contributed by atoms with Gasteiger partial charge < -0.3 is 25.2 Å². The van der Waals surface area contributed by atoms with Crippen LogP contribution in [0.5, 0.6) is 11.5 Å². The highest BCUT2D eigenvalue weighted by Gasteiger charge is 2.24. The number of carbonyl (C=O) groups is 2. The van der Waals surface area contributed by atoms with Crippen LogP contribution in [-0.4, -0.2) is 65.1 Å². The van der Waals surface area contributed by atoms with Crippen LogP contribution in [0, 0.1) is 0 Å². The maximum absolute atomic E-state index is 12.6. The molecule has 3 N–H and O–H groups in total. The van der Waals surface area contributed by atoms with E-state index in [1.165, 1.54) is 6.92 Å². The number of nitrogens with zero attached hydrogens (tertiary/aromatic N) is 3. The molecule has 0 spiro atoms. The number of urea groups is 1. The number of rotatable bonds is 5. The third-order valence-electron chi connectivity index (χ3n) is 5.16. The number of aromatic nitrogens is 1. The fourth-order valence-electron chi connectivity index (χ4n) is 3.35. The summed E-state index contributed by atoms with van der Waals surface area (Å²) in [5, 5.41) is 8.49. The molecule has 3 amide bonds. The molecule has 0 bridgehead atoms. The van der Waals surface area contributed by atoms with Gasteiger partial charge in [0, 0.05) is 38.0 Å². The zero-order valence-electron chi connectivity index (χ0n) is 18.4. The standard InChI is InChI=1S/C22H28N6O3S/c1-15(29)24-21(32)25-16-4-6-18(7-5-16)31-19-8-11-23-20(14-19)26-22(30)28(3)17-9-12-27(2)13-10-17/h4-8,11,14,17H,9-10,12-13H2,1-3H3,(H,23,26,30)(H2,24,25,29,32). The predicted octanol–water partition coefficient (Wildman–Crippen LogP) is 3.26. The second-order valence-corrected chi connectivity index (χ2v) is 8.12. The summed E-state index contributed by atoms with van der Waals surface area (Å²) >= 11 is 5.04. The van der Waals surface area contributed by atoms with E-state index in [-0.39, 0.29) is 23.1 Å². The fourth-order valence-corrected chi connectivity index (χ4v) is 3.62. The van der Waals surface area contributed by atoms with Crippen LogP contribution in [0.15, 0.2) is 42.6 Å². The first kappa shape index (κ1) is 23.4. The van der Waals surface area contributed by atoms with E-state index in [0.717, 1.165) is 31.6 Å². The molecule has 170 valence electrons. The molecule has 1 saturated heterocycles. The quantitative estimate of drug-likeness (QED) is 0.594. The van der Waals surface area contributed by atoms with E-state index in [1.54, 1.807) is 47.5 Å². The van der Waals surface area contributed by atoms with E-state index in [9.17, 15) is 9.59 Å². The van der Waals surface area contributed by atoms with Crippen molar-refractivity contribution in [2.45, 2.75) is 25.8 Å². The highest BCUT2D eigenvalue weighted by molar-refractivity contribution is 7.80. The van der Waals surface area contributed by atoms with E-state index >= 15 is 0 Å². The molecule has 0 unspecified atom stereocenters. The lowest BCUT2D eigenvalue weighted by Crippen LogP contribution is -2.46. The van der Waals surface area contributed by atoms with Crippen LogP contribution in [0.3, 0.4) is 0 Å². The van der Waals surface area contributed by atoms with Crippen molar-refractivity contribution in [3.63, 3.8) is 0 Å². The average Bonchev–Trinajstić information content (AvgIpc) is 2.75. The lowest BCUT2D eigenvalue weighted by atomic mass is 10.0. The largest absolute Gasteiger partial charge is 0.457 e. The highest BCUT2D eigenvalue weighted by atomic mass is 32.1. The summed E-state index contributed by atoms with van der Waals surface area (Å²) in [7, 11) is 3.91. The first-order chi connectivity index (χ1) is 15.3. The first-order valence-corrected chi connectivity index (χ1v) is 10.8. The highest BCUT2D eigenvalue weighted by Crippen LogP contribution is 2.25. The van der Waals surface area contributed by atoms with E-state index in [4.69, 9.17) is 17.0 Å². The van der Waals surface area contributed by atoms with Crippen molar-refractivity contribution in [1.82, 2.24) is 20.1 Å². The number of thiocarbonyl (C=S) groups is 1. The molecule has 1 fully saturated rings. The number of nitrogens with one attached hydrogen (secondary N) is 3. The molecule has 1 aliphatic rings. The first-order valence-electron chi connectivity index (χ1n) is 10.3. The molecule has 1 aromatic carbocycles. The minimum atomic E-state index is -0.236. The maximum atomic E-state index is 12.6. The van der Waals surface area contributed by atoms with Gasteiger partial charge >= 0.3 is 6.03 Å². The molecule has 32 heavy (non-hydrogen) atoms. The topological polar surface area (TPSA) is 98.8 Å². The van der Waals surface area contributed by atoms with Crippen LogP contribution in [0.1, 0.15) is 19.8 Å². The molecule has 10 heteroatoms. The van der Waals surface area contributed by atoms with Gasteiger partial charge in [0.05, 0.1) is 0 Å². The molecule has 2 aromatic rings. The molecule has 3 rings (SSSR count). The van der Waals surface area contributed by atoms with Crippen LogP contribution in [0.2, 0.25) is 0 Å². The van der Waals surface area contributed by atoms with Crippen LogP contribution >= 0.6 is 12.2 Å². The normalized spacial score (nSPS) is 14.3. The van der Waals surface area contributed by atoms with Gasteiger partial charge in [0.25, 0.3) is 0 Å². The van der Waals surface area contributed by atoms with Gasteiger partial charge in [-0.3, -0.25) is 10.1 Å². The zero-order chi connectivity index (χ0) is 23.1. The second-order valence-electron chi connectivity index (χ2n) is 7.71. The number of benzene rings is 1. The molecule has 0 atom stereocenters. The molecule has 0 saturated carbocycles. The van der Waals surface area contributed by atoms with Gasteiger partial charge in [-0.1, -0.05) is 0 Å². The fraction of sp³-hybridized carbons (Fsp3) is 0.364. The Morgan fingerprint density at radius 2 is 1.81 bits per heavy atom. The second kappa shape index (κ2) is 10.9. The van der Waals surface area contributed by atoms with Crippen LogP contribution in [-0.2, 0) is 4.79 Å². The molecular formula is C22H28N6O3S. The van der Waals surface area contributed by atoms with Crippen molar-refractivity contribution >= 4 is 40.8 Å². The Kier molecular flexibility index (Phi) is 7.96. The molecule has 9 nitrogen and oxygen atoms in total. The Hall–Kier alpha value is -3.24. The number of ether oxygens (including phenoxy) is 1. The average molecular weight is 457 g/mol. The lowest BCUT2D eigenvalue weighted by molar-refractivity contribution is -0.117. The Morgan fingerprint density at radius 1 is 1.12 bits per heavy atom. The summed E-state index contributed by atoms with van der Waals surface area (Å²) in [5.41, 5.74) is 0.718. The van der Waals surface area contributed by atoms with Crippen molar-refractivity contribution in [2.75, 3.05) is 37.8 Å². The number of amides is 3. The summed E-state index contributed by atoms with van der Waals surface area (Å²) in [6, 6.07) is 10.5. The van der Waals surface area contributed by atoms with Gasteiger partial charge in [-0.25, -0.2) is 9.78 Å². The number of anilines is 2. The Bertz CT molecular complexity index is 960. The SMILES string of the molecule is CC(=O)NC(=S)Nc1ccc(Oc2ccnc(NC(=O)N(C)C3CCN(C)CC3)c2)cc1. The third-order valence-corrected chi connectivity index (χ3v) is 5.36. The van der Waals surface area contributed by atoms with Gasteiger partial charge in [0.1, 0.15) is 17.3 Å². The number of pyridine rings is 1. The monoisotopic (exact) mass is 456 g/mol. The van der Waals surface area contributed by atoms with Gasteiger partial charge in [0.15, 0.2) is 5.11 Å². The Labute approximate surface area is 193 Å². The molecular weight excluding hydrogens is 428 g/mol. The number of piperidine rings is 1. The maximum Gasteiger partial charge on any atom is 0.323 e. The summed E-state index contributed by atoms with van der Waals surface area (Å²) in [6.07, 6.45) is 3.50. The van der Waals surface area contributed by atoms with E-state index in [0.29, 0.717) is 17.3 Å². The van der Waals surface area contributed by atoms with E-state index in [1.807, 2.05) is 7.05 Å². The number of carbonyl (C=O) groups excluding carboxylic acids is 2. The van der Waals surface area contributed by atoms with Crippen LogP contribution < -0.4 is 20.7 Å². The number of hydrogen-bond acceptors (Lipinski definition) is 6. The van der Waals surface area contributed by atoms with E-state index in [2.05, 4.69) is 32.9 Å². The minimum Gasteiger partial charge on any atom is -0.457 e. The lowest BCUT2D eigenvalue weighted by Gasteiger charge is -2.34. The van der Waals surface area contributed by atoms with Crippen LogP contribution in [0.4, 0.5) is 16.3 Å². The molecule has 1 aliphatic heterocycles. The van der Waals surface area contributed by atoms with Gasteiger partial charge in [-0.05, 0) is 75.5 Å². The Morgan fingerprint density at radius 3 is 2.47 bits per heavy atom. The van der Waals surface area contributed by atoms with Crippen molar-refractivity contribution < 1.29 is 14.3 Å². The number of likely N-dealkylation sites (tertiary alicyclic amines) is 1. The molecule has 1 aromatic heterocycles. The van der Waals surface area contributed by atoms with Crippen LogP contribution in [0.25, 0.3) is 0 Å². The van der Waals surface area contributed by atoms with Gasteiger partial charge in [-0.2, -0.15) is 0 Å². The van der Waals surface area contributed by atoms with Gasteiger partial charge in [0.2, 0.25) is 5.91 Å². The number of hydrogen-bond donors (Lipinski definition) is 3. The molecule has 0 aliphatic carbocycles. The van der Waals surface area contributed by atoms with Crippen molar-refractivity contribution in [1.29, 1.82) is 0 Å². The molecule has 2 heterocycles. The third kappa shape index (κ3) is 6.89. The van der Waals surface area contributed by atoms with Gasteiger partial charge in [-0.15, -0.1) is 0 Å².